The number of aryl methyl sites for hydroxylation is 1. The molecule has 0 aliphatic heterocycles. The van der Waals surface area contributed by atoms with Crippen LogP contribution in [-0.4, -0.2) is 26.8 Å². The summed E-state index contributed by atoms with van der Waals surface area (Å²) in [5, 5.41) is 13.3. The van der Waals surface area contributed by atoms with Gasteiger partial charge in [-0.25, -0.2) is 4.98 Å². The molecule has 0 aliphatic carbocycles. The average molecular weight is 263 g/mol. The van der Waals surface area contributed by atoms with Crippen LogP contribution >= 0.6 is 11.8 Å². The molecule has 6 heteroatoms. The van der Waals surface area contributed by atoms with Crippen molar-refractivity contribution in [1.29, 1.82) is 0 Å². The number of hydrogen-bond donors (Lipinski definition) is 1. The first kappa shape index (κ1) is 13.0. The summed E-state index contributed by atoms with van der Waals surface area (Å²) in [4.78, 5) is 4.44. The van der Waals surface area contributed by atoms with E-state index in [2.05, 4.69) is 33.5 Å². The third-order valence-electron chi connectivity index (χ3n) is 2.94. The van der Waals surface area contributed by atoms with E-state index in [1.165, 1.54) is 5.56 Å². The standard InChI is InChI=1S/C12H17N5S/c1-8(13-3)10-6-5-7-14-11(10)18-12-16-15-9(2)17(12)4/h5-8,13H,1-4H3. The maximum absolute atomic E-state index is 4.44. The van der Waals surface area contributed by atoms with E-state index < -0.39 is 0 Å². The van der Waals surface area contributed by atoms with E-state index in [4.69, 9.17) is 0 Å². The average Bonchev–Trinajstić information content (AvgIpc) is 2.70. The van der Waals surface area contributed by atoms with Crippen LogP contribution < -0.4 is 5.32 Å². The van der Waals surface area contributed by atoms with Gasteiger partial charge in [0.2, 0.25) is 0 Å². The molecular weight excluding hydrogens is 246 g/mol. The third kappa shape index (κ3) is 2.54. The summed E-state index contributed by atoms with van der Waals surface area (Å²) in [5.74, 6) is 0.900. The molecule has 5 nitrogen and oxygen atoms in total. The highest BCUT2D eigenvalue weighted by Crippen LogP contribution is 2.30. The topological polar surface area (TPSA) is 55.6 Å². The van der Waals surface area contributed by atoms with Gasteiger partial charge in [-0.1, -0.05) is 6.07 Å². The second-order valence-electron chi connectivity index (χ2n) is 4.10. The first-order valence-electron chi connectivity index (χ1n) is 5.79. The number of rotatable bonds is 4. The summed E-state index contributed by atoms with van der Waals surface area (Å²) in [7, 11) is 3.90. The molecule has 0 amide bonds. The lowest BCUT2D eigenvalue weighted by atomic mass is 10.1. The fourth-order valence-corrected chi connectivity index (χ4v) is 2.54. The minimum absolute atomic E-state index is 0.260. The van der Waals surface area contributed by atoms with Crippen molar-refractivity contribution in [2.75, 3.05) is 7.05 Å². The quantitative estimate of drug-likeness (QED) is 0.913. The minimum Gasteiger partial charge on any atom is -0.313 e. The molecule has 0 fully saturated rings. The molecule has 0 spiro atoms. The number of hydrogen-bond acceptors (Lipinski definition) is 5. The minimum atomic E-state index is 0.260. The molecule has 2 rings (SSSR count). The van der Waals surface area contributed by atoms with Gasteiger partial charge in [-0.3, -0.25) is 0 Å². The van der Waals surface area contributed by atoms with Crippen LogP contribution in [0.3, 0.4) is 0 Å². The summed E-state index contributed by atoms with van der Waals surface area (Å²) in [6.07, 6.45) is 1.80. The first-order valence-corrected chi connectivity index (χ1v) is 6.61. The van der Waals surface area contributed by atoms with E-state index >= 15 is 0 Å². The van der Waals surface area contributed by atoms with Crippen LogP contribution in [0, 0.1) is 6.92 Å². The van der Waals surface area contributed by atoms with Gasteiger partial charge in [0.25, 0.3) is 0 Å². The summed E-state index contributed by atoms with van der Waals surface area (Å²) in [6, 6.07) is 4.30. The zero-order chi connectivity index (χ0) is 13.1. The number of nitrogens with zero attached hydrogens (tertiary/aromatic N) is 4. The second-order valence-corrected chi connectivity index (χ2v) is 5.05. The van der Waals surface area contributed by atoms with Gasteiger partial charge < -0.3 is 9.88 Å². The van der Waals surface area contributed by atoms with Crippen molar-refractivity contribution < 1.29 is 0 Å². The predicted octanol–water partition coefficient (Wildman–Crippen LogP) is 1.95. The van der Waals surface area contributed by atoms with Crippen LogP contribution in [0.4, 0.5) is 0 Å². The molecule has 0 saturated carbocycles. The molecule has 0 saturated heterocycles. The van der Waals surface area contributed by atoms with E-state index in [1.54, 1.807) is 18.0 Å². The monoisotopic (exact) mass is 263 g/mol. The van der Waals surface area contributed by atoms with Crippen molar-refractivity contribution >= 4 is 11.8 Å². The van der Waals surface area contributed by atoms with Crippen molar-refractivity contribution in [2.45, 2.75) is 30.1 Å². The van der Waals surface area contributed by atoms with Crippen LogP contribution in [0.1, 0.15) is 24.4 Å². The summed E-state index contributed by atoms with van der Waals surface area (Å²) in [6.45, 7) is 4.05. The molecule has 18 heavy (non-hydrogen) atoms. The van der Waals surface area contributed by atoms with Crippen molar-refractivity contribution in [3.05, 3.63) is 29.7 Å². The van der Waals surface area contributed by atoms with Crippen LogP contribution in [0.25, 0.3) is 0 Å². The van der Waals surface area contributed by atoms with E-state index in [1.807, 2.05) is 31.7 Å². The fourth-order valence-electron chi connectivity index (χ4n) is 1.54. The Bertz CT molecular complexity index is 537. The Kier molecular flexibility index (Phi) is 3.98. The lowest BCUT2D eigenvalue weighted by Gasteiger charge is -2.13. The highest BCUT2D eigenvalue weighted by atomic mass is 32.2. The Morgan fingerprint density at radius 2 is 2.17 bits per heavy atom. The van der Waals surface area contributed by atoms with Crippen molar-refractivity contribution in [1.82, 2.24) is 25.1 Å². The number of pyridine rings is 1. The van der Waals surface area contributed by atoms with Gasteiger partial charge in [0.15, 0.2) is 5.16 Å². The maximum atomic E-state index is 4.44. The highest BCUT2D eigenvalue weighted by Gasteiger charge is 2.14. The molecule has 0 aromatic carbocycles. The summed E-state index contributed by atoms with van der Waals surface area (Å²) < 4.78 is 1.97. The fraction of sp³-hybridized carbons (Fsp3) is 0.417. The van der Waals surface area contributed by atoms with E-state index in [9.17, 15) is 0 Å². The molecule has 2 aromatic heterocycles. The third-order valence-corrected chi connectivity index (χ3v) is 4.01. The Morgan fingerprint density at radius 3 is 2.78 bits per heavy atom. The van der Waals surface area contributed by atoms with Gasteiger partial charge in [-0.2, -0.15) is 0 Å². The lowest BCUT2D eigenvalue weighted by molar-refractivity contribution is 0.634. The predicted molar refractivity (Wildman–Crippen MR) is 71.6 cm³/mol. The Hall–Kier alpha value is -1.40. The van der Waals surface area contributed by atoms with Crippen molar-refractivity contribution in [3.8, 4) is 0 Å². The summed E-state index contributed by atoms with van der Waals surface area (Å²) >= 11 is 1.54. The van der Waals surface area contributed by atoms with E-state index in [-0.39, 0.29) is 6.04 Å². The summed E-state index contributed by atoms with van der Waals surface area (Å²) in [5.41, 5.74) is 1.17. The van der Waals surface area contributed by atoms with Crippen LogP contribution in [0.2, 0.25) is 0 Å². The zero-order valence-corrected chi connectivity index (χ0v) is 11.8. The van der Waals surface area contributed by atoms with Crippen LogP contribution in [-0.2, 0) is 7.05 Å². The lowest BCUT2D eigenvalue weighted by Crippen LogP contribution is -2.13. The molecule has 1 N–H and O–H groups in total. The Balaban J connectivity index is 2.32. The van der Waals surface area contributed by atoms with Crippen LogP contribution in [0.5, 0.6) is 0 Å². The van der Waals surface area contributed by atoms with E-state index in [0.29, 0.717) is 0 Å². The molecule has 2 aromatic rings. The normalized spacial score (nSPS) is 12.7. The molecular formula is C12H17N5S. The van der Waals surface area contributed by atoms with Gasteiger partial charge in [-0.05, 0) is 38.7 Å². The molecule has 1 unspecified atom stereocenters. The number of aromatic nitrogens is 4. The van der Waals surface area contributed by atoms with Gasteiger partial charge in [0.1, 0.15) is 10.9 Å². The molecule has 96 valence electrons. The van der Waals surface area contributed by atoms with Crippen molar-refractivity contribution in [3.63, 3.8) is 0 Å². The SMILES string of the molecule is CNC(C)c1cccnc1Sc1nnc(C)n1C. The highest BCUT2D eigenvalue weighted by molar-refractivity contribution is 7.99. The second kappa shape index (κ2) is 5.49. The zero-order valence-electron chi connectivity index (χ0n) is 11.0. The molecule has 1 atom stereocenters. The van der Waals surface area contributed by atoms with Gasteiger partial charge >= 0.3 is 0 Å². The Morgan fingerprint density at radius 1 is 1.39 bits per heavy atom. The Labute approximate surface area is 111 Å². The smallest absolute Gasteiger partial charge is 0.197 e. The molecule has 0 bridgehead atoms. The largest absolute Gasteiger partial charge is 0.313 e. The molecule has 0 aliphatic rings. The van der Waals surface area contributed by atoms with Gasteiger partial charge in [0, 0.05) is 24.8 Å². The van der Waals surface area contributed by atoms with E-state index in [0.717, 1.165) is 16.0 Å². The van der Waals surface area contributed by atoms with Gasteiger partial charge in [0.05, 0.1) is 0 Å². The number of nitrogens with one attached hydrogen (secondary N) is 1. The van der Waals surface area contributed by atoms with Crippen molar-refractivity contribution in [2.24, 2.45) is 7.05 Å². The molecule has 2 heterocycles. The first-order chi connectivity index (χ1) is 8.63. The van der Waals surface area contributed by atoms with Gasteiger partial charge in [-0.15, -0.1) is 10.2 Å². The van der Waals surface area contributed by atoms with Crippen LogP contribution in [0.15, 0.2) is 28.5 Å². The maximum Gasteiger partial charge on any atom is 0.197 e. The molecule has 0 radical (unpaired) electrons.